The maximum absolute atomic E-state index is 12.0. The number of aryl methyl sites for hydroxylation is 3. The third-order valence-electron chi connectivity index (χ3n) is 3.77. The third-order valence-corrected chi connectivity index (χ3v) is 3.77. The molecule has 2 heteroatoms. The summed E-state index contributed by atoms with van der Waals surface area (Å²) < 4.78 is 0. The molecule has 0 saturated heterocycles. The van der Waals surface area contributed by atoms with Gasteiger partial charge in [-0.1, -0.05) is 13.0 Å². The molecule has 0 amide bonds. The summed E-state index contributed by atoms with van der Waals surface area (Å²) in [6.45, 7) is 2.08. The fraction of sp³-hybridized carbons (Fsp3) is 0.400. The number of fused-ring (bicyclic) bond motifs is 3. The maximum Gasteiger partial charge on any atom is 0.189 e. The van der Waals surface area contributed by atoms with Crippen LogP contribution < -0.4 is 5.43 Å². The van der Waals surface area contributed by atoms with Gasteiger partial charge in [-0.25, -0.2) is 0 Å². The second-order valence-corrected chi connectivity index (χ2v) is 4.85. The van der Waals surface area contributed by atoms with Crippen molar-refractivity contribution in [2.24, 2.45) is 0 Å². The van der Waals surface area contributed by atoms with Gasteiger partial charge in [0.1, 0.15) is 0 Å². The van der Waals surface area contributed by atoms with E-state index in [1.54, 1.807) is 6.07 Å². The molecule has 0 fully saturated rings. The average Bonchev–Trinajstić information content (AvgIpc) is 2.38. The van der Waals surface area contributed by atoms with Crippen LogP contribution in [0.5, 0.6) is 0 Å². The van der Waals surface area contributed by atoms with Gasteiger partial charge < -0.3 is 4.98 Å². The van der Waals surface area contributed by atoms with Gasteiger partial charge in [0.25, 0.3) is 0 Å². The van der Waals surface area contributed by atoms with Gasteiger partial charge in [0.15, 0.2) is 5.43 Å². The Kier molecular flexibility index (Phi) is 2.50. The minimum atomic E-state index is 0.156. The minimum Gasteiger partial charge on any atom is -0.358 e. The summed E-state index contributed by atoms with van der Waals surface area (Å²) >= 11 is 0. The van der Waals surface area contributed by atoms with E-state index in [2.05, 4.69) is 18.0 Å². The fourth-order valence-electron chi connectivity index (χ4n) is 2.80. The molecular formula is C15H17NO. The second-order valence-electron chi connectivity index (χ2n) is 4.85. The van der Waals surface area contributed by atoms with Crippen LogP contribution in [0.15, 0.2) is 23.0 Å². The van der Waals surface area contributed by atoms with E-state index >= 15 is 0 Å². The molecule has 1 aliphatic rings. The number of benzene rings is 1. The average molecular weight is 227 g/mol. The lowest BCUT2D eigenvalue weighted by molar-refractivity contribution is 0.688. The number of aromatic amines is 1. The third kappa shape index (κ3) is 1.68. The van der Waals surface area contributed by atoms with E-state index in [-0.39, 0.29) is 5.43 Å². The molecule has 1 aromatic heterocycles. The fourth-order valence-corrected chi connectivity index (χ4v) is 2.80. The highest BCUT2D eigenvalue weighted by molar-refractivity contribution is 5.83. The lowest BCUT2D eigenvalue weighted by Crippen LogP contribution is -2.10. The molecule has 0 unspecified atom stereocenters. The van der Waals surface area contributed by atoms with Crippen LogP contribution >= 0.6 is 0 Å². The molecule has 0 atom stereocenters. The van der Waals surface area contributed by atoms with E-state index < -0.39 is 0 Å². The first kappa shape index (κ1) is 10.6. The van der Waals surface area contributed by atoms with E-state index in [1.165, 1.54) is 24.0 Å². The summed E-state index contributed by atoms with van der Waals surface area (Å²) in [5.41, 5.74) is 5.09. The van der Waals surface area contributed by atoms with Crippen molar-refractivity contribution in [3.05, 3.63) is 45.2 Å². The molecular weight excluding hydrogens is 210 g/mol. The summed E-state index contributed by atoms with van der Waals surface area (Å²) in [5.74, 6) is 0. The summed E-state index contributed by atoms with van der Waals surface area (Å²) in [4.78, 5) is 15.5. The van der Waals surface area contributed by atoms with Crippen molar-refractivity contribution in [3.8, 4) is 0 Å². The first-order chi connectivity index (χ1) is 8.29. The number of aromatic nitrogens is 1. The van der Waals surface area contributed by atoms with Crippen molar-refractivity contribution in [2.45, 2.75) is 39.0 Å². The maximum atomic E-state index is 12.0. The van der Waals surface area contributed by atoms with E-state index in [1.807, 2.05) is 6.07 Å². The Balaban J connectivity index is 2.37. The van der Waals surface area contributed by atoms with Gasteiger partial charge in [0, 0.05) is 17.1 Å². The quantitative estimate of drug-likeness (QED) is 0.798. The zero-order valence-corrected chi connectivity index (χ0v) is 10.2. The van der Waals surface area contributed by atoms with Crippen molar-refractivity contribution in [2.75, 3.05) is 0 Å². The number of rotatable bonds is 1. The molecule has 1 heterocycles. The Morgan fingerprint density at radius 1 is 1.24 bits per heavy atom. The van der Waals surface area contributed by atoms with E-state index in [4.69, 9.17) is 0 Å². The summed E-state index contributed by atoms with van der Waals surface area (Å²) in [6.07, 6.45) is 5.66. The van der Waals surface area contributed by atoms with Crippen molar-refractivity contribution in [1.82, 2.24) is 4.98 Å². The molecule has 2 nitrogen and oxygen atoms in total. The Bertz CT molecular complexity index is 625. The van der Waals surface area contributed by atoms with Crippen molar-refractivity contribution in [1.29, 1.82) is 0 Å². The molecule has 88 valence electrons. The van der Waals surface area contributed by atoms with E-state index in [9.17, 15) is 4.79 Å². The molecule has 1 aliphatic carbocycles. The predicted molar refractivity (Wildman–Crippen MR) is 70.6 cm³/mol. The van der Waals surface area contributed by atoms with Crippen LogP contribution in [0, 0.1) is 0 Å². The van der Waals surface area contributed by atoms with Crippen LogP contribution in [0.25, 0.3) is 10.9 Å². The molecule has 0 spiro atoms. The number of hydrogen-bond donors (Lipinski definition) is 1. The van der Waals surface area contributed by atoms with Crippen LogP contribution in [0.3, 0.4) is 0 Å². The normalized spacial score (nSPS) is 14.9. The monoisotopic (exact) mass is 227 g/mol. The Morgan fingerprint density at radius 2 is 2.06 bits per heavy atom. The first-order valence-corrected chi connectivity index (χ1v) is 6.46. The first-order valence-electron chi connectivity index (χ1n) is 6.46. The van der Waals surface area contributed by atoms with Gasteiger partial charge in [-0.2, -0.15) is 0 Å². The van der Waals surface area contributed by atoms with Crippen LogP contribution in [-0.4, -0.2) is 4.98 Å². The Morgan fingerprint density at radius 3 is 2.88 bits per heavy atom. The number of pyridine rings is 1. The molecule has 0 saturated carbocycles. The zero-order valence-electron chi connectivity index (χ0n) is 10.2. The summed E-state index contributed by atoms with van der Waals surface area (Å²) in [6, 6.07) is 5.85. The van der Waals surface area contributed by atoms with Crippen LogP contribution in [0.1, 0.15) is 36.6 Å². The molecule has 17 heavy (non-hydrogen) atoms. The predicted octanol–water partition coefficient (Wildman–Crippen LogP) is 2.97. The highest BCUT2D eigenvalue weighted by Gasteiger charge is 2.14. The molecule has 0 aliphatic heterocycles. The summed E-state index contributed by atoms with van der Waals surface area (Å²) in [5, 5.41) is 0.850. The van der Waals surface area contributed by atoms with Gasteiger partial charge in [-0.05, 0) is 49.3 Å². The van der Waals surface area contributed by atoms with Crippen LogP contribution in [0.4, 0.5) is 0 Å². The van der Waals surface area contributed by atoms with Gasteiger partial charge in [-0.3, -0.25) is 4.79 Å². The minimum absolute atomic E-state index is 0.156. The SMILES string of the molecule is CCc1cc(=O)c2ccc3c(c2[nH]1)CCCC3. The summed E-state index contributed by atoms with van der Waals surface area (Å²) in [7, 11) is 0. The van der Waals surface area contributed by atoms with Crippen LogP contribution in [-0.2, 0) is 19.3 Å². The zero-order chi connectivity index (χ0) is 11.8. The Hall–Kier alpha value is -1.57. The van der Waals surface area contributed by atoms with Gasteiger partial charge in [0.05, 0.1) is 5.52 Å². The second kappa shape index (κ2) is 4.02. The van der Waals surface area contributed by atoms with Crippen LogP contribution in [0.2, 0.25) is 0 Å². The lowest BCUT2D eigenvalue weighted by atomic mass is 9.89. The molecule has 0 radical (unpaired) electrons. The highest BCUT2D eigenvalue weighted by atomic mass is 16.1. The molecule has 3 rings (SSSR count). The number of nitrogens with one attached hydrogen (secondary N) is 1. The molecule has 1 aromatic carbocycles. The Labute approximate surface area is 101 Å². The molecule has 1 N–H and O–H groups in total. The standard InChI is InChI=1S/C15H17NO/c1-2-11-9-14(17)13-8-7-10-5-3-4-6-12(10)15(13)16-11/h7-9H,2-6H2,1H3,(H,16,17). The van der Waals surface area contributed by atoms with E-state index in [0.29, 0.717) is 0 Å². The number of H-pyrrole nitrogens is 1. The number of hydrogen-bond acceptors (Lipinski definition) is 1. The van der Waals surface area contributed by atoms with Gasteiger partial charge >= 0.3 is 0 Å². The van der Waals surface area contributed by atoms with Crippen molar-refractivity contribution < 1.29 is 0 Å². The topological polar surface area (TPSA) is 32.9 Å². The lowest BCUT2D eigenvalue weighted by Gasteiger charge is -2.18. The van der Waals surface area contributed by atoms with Crippen molar-refractivity contribution >= 4 is 10.9 Å². The van der Waals surface area contributed by atoms with Crippen molar-refractivity contribution in [3.63, 3.8) is 0 Å². The highest BCUT2D eigenvalue weighted by Crippen LogP contribution is 2.26. The molecule has 2 aromatic rings. The molecule has 0 bridgehead atoms. The van der Waals surface area contributed by atoms with E-state index in [0.717, 1.165) is 35.9 Å². The van der Waals surface area contributed by atoms with Gasteiger partial charge in [-0.15, -0.1) is 0 Å². The smallest absolute Gasteiger partial charge is 0.189 e. The van der Waals surface area contributed by atoms with Gasteiger partial charge in [0.2, 0.25) is 0 Å². The largest absolute Gasteiger partial charge is 0.358 e.